The molecular weight excluding hydrogens is 314 g/mol. The van der Waals surface area contributed by atoms with Crippen LogP contribution in [0.2, 0.25) is 0 Å². The Labute approximate surface area is 148 Å². The number of benzene rings is 1. The zero-order valence-corrected chi connectivity index (χ0v) is 14.5. The second-order valence-electron chi connectivity index (χ2n) is 6.86. The Morgan fingerprint density at radius 3 is 3.00 bits per heavy atom. The van der Waals surface area contributed by atoms with Crippen LogP contribution < -0.4 is 4.74 Å². The number of H-pyrrole nitrogens is 1. The largest absolute Gasteiger partial charge is 0.493 e. The van der Waals surface area contributed by atoms with Gasteiger partial charge in [0.05, 0.1) is 6.61 Å². The fourth-order valence-corrected chi connectivity index (χ4v) is 3.71. The lowest BCUT2D eigenvalue weighted by Crippen LogP contribution is -2.35. The van der Waals surface area contributed by atoms with Crippen LogP contribution in [-0.2, 0) is 12.8 Å². The smallest absolute Gasteiger partial charge is 0.270 e. The third kappa shape index (κ3) is 3.71. The van der Waals surface area contributed by atoms with E-state index in [1.165, 1.54) is 11.1 Å². The van der Waals surface area contributed by atoms with Crippen molar-refractivity contribution >= 4 is 5.91 Å². The first-order valence-corrected chi connectivity index (χ1v) is 9.19. The molecule has 0 radical (unpaired) electrons. The number of fused-ring (bicyclic) bond motifs is 1. The van der Waals surface area contributed by atoms with Crippen molar-refractivity contribution < 1.29 is 9.53 Å². The molecule has 0 bridgehead atoms. The molecule has 1 aromatic carbocycles. The number of ether oxygens (including phenoxy) is 1. The molecule has 4 rings (SSSR count). The normalized spacial score (nSPS) is 17.8. The molecule has 0 aliphatic carbocycles. The van der Waals surface area contributed by atoms with E-state index in [0.29, 0.717) is 5.69 Å². The minimum Gasteiger partial charge on any atom is -0.493 e. The van der Waals surface area contributed by atoms with Gasteiger partial charge in [0.25, 0.3) is 5.91 Å². The number of carbonyl (C=O) groups is 1. The number of hydrogen-bond acceptors (Lipinski definition) is 3. The van der Waals surface area contributed by atoms with Crippen LogP contribution in [0.5, 0.6) is 5.75 Å². The van der Waals surface area contributed by atoms with E-state index in [2.05, 4.69) is 28.1 Å². The van der Waals surface area contributed by atoms with Gasteiger partial charge in [-0.2, -0.15) is 0 Å². The van der Waals surface area contributed by atoms with Gasteiger partial charge in [0.1, 0.15) is 11.4 Å². The van der Waals surface area contributed by atoms with E-state index in [1.54, 1.807) is 6.20 Å². The van der Waals surface area contributed by atoms with Crippen LogP contribution in [0.1, 0.15) is 28.0 Å². The van der Waals surface area contributed by atoms with Crippen LogP contribution in [0.4, 0.5) is 0 Å². The van der Waals surface area contributed by atoms with Crippen molar-refractivity contribution in [1.29, 1.82) is 0 Å². The highest BCUT2D eigenvalue weighted by atomic mass is 16.5. The Balaban J connectivity index is 1.30. The van der Waals surface area contributed by atoms with E-state index in [9.17, 15) is 4.79 Å². The number of nitrogens with zero attached hydrogens (tertiary/aromatic N) is 2. The highest BCUT2D eigenvalue weighted by Gasteiger charge is 2.20. The van der Waals surface area contributed by atoms with Gasteiger partial charge in [-0.1, -0.05) is 12.1 Å². The standard InChI is InChI=1S/C20H25N3O2/c24-20(18-3-1-8-21-18)23-10-2-9-22(12-13-23)11-6-16-4-5-19-17(15-16)7-14-25-19/h1,3-5,8,15,21H,2,6-7,9-14H2. The molecule has 25 heavy (non-hydrogen) atoms. The third-order valence-corrected chi connectivity index (χ3v) is 5.17. The predicted molar refractivity (Wildman–Crippen MR) is 97.1 cm³/mol. The Bertz CT molecular complexity index is 727. The van der Waals surface area contributed by atoms with Gasteiger partial charge in [-0.3, -0.25) is 4.79 Å². The van der Waals surface area contributed by atoms with E-state index in [-0.39, 0.29) is 5.91 Å². The van der Waals surface area contributed by atoms with Crippen LogP contribution in [0.15, 0.2) is 36.5 Å². The number of amides is 1. The highest BCUT2D eigenvalue weighted by Crippen LogP contribution is 2.26. The van der Waals surface area contributed by atoms with E-state index in [4.69, 9.17) is 4.74 Å². The number of nitrogens with one attached hydrogen (secondary N) is 1. The van der Waals surface area contributed by atoms with Crippen LogP contribution in [0, 0.1) is 0 Å². The van der Waals surface area contributed by atoms with Gasteiger partial charge in [-0.25, -0.2) is 0 Å². The molecule has 1 aromatic heterocycles. The maximum absolute atomic E-state index is 12.5. The average molecular weight is 339 g/mol. The fourth-order valence-electron chi connectivity index (χ4n) is 3.71. The quantitative estimate of drug-likeness (QED) is 0.930. The summed E-state index contributed by atoms with van der Waals surface area (Å²) in [6.07, 6.45) is 4.92. The van der Waals surface area contributed by atoms with Crippen LogP contribution in [0.3, 0.4) is 0 Å². The zero-order valence-electron chi connectivity index (χ0n) is 14.5. The highest BCUT2D eigenvalue weighted by molar-refractivity contribution is 5.92. The van der Waals surface area contributed by atoms with Gasteiger partial charge in [0.2, 0.25) is 0 Å². The monoisotopic (exact) mass is 339 g/mol. The molecule has 1 saturated heterocycles. The summed E-state index contributed by atoms with van der Waals surface area (Å²) < 4.78 is 5.58. The fraction of sp³-hybridized carbons (Fsp3) is 0.450. The summed E-state index contributed by atoms with van der Waals surface area (Å²) in [5, 5.41) is 0. The molecule has 2 aromatic rings. The Morgan fingerprint density at radius 1 is 1.16 bits per heavy atom. The SMILES string of the molecule is O=C(c1ccc[nH]1)N1CCCN(CCc2ccc3c(c2)CCO3)CC1. The first-order valence-electron chi connectivity index (χ1n) is 9.19. The van der Waals surface area contributed by atoms with Gasteiger partial charge < -0.3 is 19.5 Å². The molecule has 5 heteroatoms. The number of hydrogen-bond donors (Lipinski definition) is 1. The second kappa shape index (κ2) is 7.31. The molecule has 5 nitrogen and oxygen atoms in total. The van der Waals surface area contributed by atoms with Crippen molar-refractivity contribution in [2.24, 2.45) is 0 Å². The summed E-state index contributed by atoms with van der Waals surface area (Å²) in [6.45, 7) is 5.50. The summed E-state index contributed by atoms with van der Waals surface area (Å²) in [6, 6.07) is 10.3. The van der Waals surface area contributed by atoms with Gasteiger partial charge >= 0.3 is 0 Å². The van der Waals surface area contributed by atoms with Crippen molar-refractivity contribution in [3.8, 4) is 5.75 Å². The van der Waals surface area contributed by atoms with Crippen molar-refractivity contribution in [2.45, 2.75) is 19.3 Å². The van der Waals surface area contributed by atoms with E-state index >= 15 is 0 Å². The Hall–Kier alpha value is -2.27. The van der Waals surface area contributed by atoms with E-state index < -0.39 is 0 Å². The molecule has 1 amide bonds. The second-order valence-corrected chi connectivity index (χ2v) is 6.86. The zero-order chi connectivity index (χ0) is 17.1. The molecule has 0 unspecified atom stereocenters. The average Bonchev–Trinajstić information content (AvgIpc) is 3.27. The lowest BCUT2D eigenvalue weighted by molar-refractivity contribution is 0.0756. The Morgan fingerprint density at radius 2 is 2.12 bits per heavy atom. The Kier molecular flexibility index (Phi) is 4.74. The van der Waals surface area contributed by atoms with Gasteiger partial charge in [0.15, 0.2) is 0 Å². The first kappa shape index (κ1) is 16.2. The van der Waals surface area contributed by atoms with E-state index in [0.717, 1.165) is 64.3 Å². The molecule has 0 spiro atoms. The molecule has 2 aliphatic heterocycles. The number of rotatable bonds is 4. The number of aromatic amines is 1. The molecule has 132 valence electrons. The lowest BCUT2D eigenvalue weighted by Gasteiger charge is -2.21. The maximum atomic E-state index is 12.5. The van der Waals surface area contributed by atoms with Crippen LogP contribution in [0.25, 0.3) is 0 Å². The predicted octanol–water partition coefficient (Wildman–Crippen LogP) is 2.34. The summed E-state index contributed by atoms with van der Waals surface area (Å²) in [4.78, 5) is 19.9. The molecule has 1 N–H and O–H groups in total. The maximum Gasteiger partial charge on any atom is 0.270 e. The minimum absolute atomic E-state index is 0.116. The summed E-state index contributed by atoms with van der Waals surface area (Å²) in [5.74, 6) is 1.17. The topological polar surface area (TPSA) is 48.6 Å². The van der Waals surface area contributed by atoms with E-state index in [1.807, 2.05) is 17.0 Å². The van der Waals surface area contributed by atoms with Crippen molar-refractivity contribution in [3.63, 3.8) is 0 Å². The van der Waals surface area contributed by atoms with Crippen molar-refractivity contribution in [1.82, 2.24) is 14.8 Å². The molecule has 0 saturated carbocycles. The lowest BCUT2D eigenvalue weighted by atomic mass is 10.1. The van der Waals surface area contributed by atoms with Gasteiger partial charge in [-0.05, 0) is 48.7 Å². The summed E-state index contributed by atoms with van der Waals surface area (Å²) in [5.41, 5.74) is 3.41. The summed E-state index contributed by atoms with van der Waals surface area (Å²) >= 11 is 0. The number of carbonyl (C=O) groups excluding carboxylic acids is 1. The van der Waals surface area contributed by atoms with Crippen molar-refractivity contribution in [2.75, 3.05) is 39.3 Å². The van der Waals surface area contributed by atoms with Crippen molar-refractivity contribution in [3.05, 3.63) is 53.3 Å². The minimum atomic E-state index is 0.116. The number of aromatic nitrogens is 1. The molecule has 1 fully saturated rings. The summed E-state index contributed by atoms with van der Waals surface area (Å²) in [7, 11) is 0. The van der Waals surface area contributed by atoms with Crippen LogP contribution >= 0.6 is 0 Å². The molecule has 2 aliphatic rings. The molecular formula is C20H25N3O2. The third-order valence-electron chi connectivity index (χ3n) is 5.17. The first-order chi connectivity index (χ1) is 12.3. The molecule has 3 heterocycles. The van der Waals surface area contributed by atoms with Gasteiger partial charge in [0, 0.05) is 38.8 Å². The van der Waals surface area contributed by atoms with Crippen LogP contribution in [-0.4, -0.2) is 60.0 Å². The molecule has 0 atom stereocenters. The van der Waals surface area contributed by atoms with Gasteiger partial charge in [-0.15, -0.1) is 0 Å².